The molecular weight excluding hydrogens is 174 g/mol. The molecule has 0 aliphatic carbocycles. The second kappa shape index (κ2) is 3.47. The lowest BCUT2D eigenvalue weighted by Crippen LogP contribution is -2.33. The van der Waals surface area contributed by atoms with E-state index in [-0.39, 0.29) is 11.1 Å². The largest absolute Gasteiger partial charge is 0.286 e. The second-order valence-corrected chi connectivity index (χ2v) is 4.65. The zero-order valence-corrected chi connectivity index (χ0v) is 8.16. The van der Waals surface area contributed by atoms with Crippen molar-refractivity contribution in [3.05, 3.63) is 0 Å². The Hall–Kier alpha value is -0.510. The summed E-state index contributed by atoms with van der Waals surface area (Å²) in [5.74, 6) is -0.133. The third-order valence-corrected chi connectivity index (χ3v) is 3.15. The molecule has 1 aliphatic rings. The van der Waals surface area contributed by atoms with Gasteiger partial charge in [-0.15, -0.1) is 0 Å². The zero-order valence-electron chi connectivity index (χ0n) is 7.35. The molecule has 0 spiro atoms. The molecule has 1 fully saturated rings. The van der Waals surface area contributed by atoms with E-state index in [1.807, 2.05) is 6.92 Å². The van der Waals surface area contributed by atoms with Crippen molar-refractivity contribution in [1.29, 1.82) is 0 Å². The SMILES string of the molecule is CCCCC1(C)SC(=O)NC1=O. The minimum absolute atomic E-state index is 0.133. The van der Waals surface area contributed by atoms with Crippen molar-refractivity contribution in [2.24, 2.45) is 0 Å². The maximum Gasteiger partial charge on any atom is 0.286 e. The van der Waals surface area contributed by atoms with E-state index in [4.69, 9.17) is 0 Å². The van der Waals surface area contributed by atoms with Crippen LogP contribution in [0.25, 0.3) is 0 Å². The van der Waals surface area contributed by atoms with Crippen LogP contribution in [-0.2, 0) is 4.79 Å². The first kappa shape index (κ1) is 9.58. The number of imide groups is 1. The highest BCUT2D eigenvalue weighted by Gasteiger charge is 2.42. The minimum atomic E-state index is -0.507. The van der Waals surface area contributed by atoms with Gasteiger partial charge in [-0.3, -0.25) is 14.9 Å². The van der Waals surface area contributed by atoms with Crippen molar-refractivity contribution in [2.75, 3.05) is 0 Å². The van der Waals surface area contributed by atoms with Crippen LogP contribution >= 0.6 is 11.8 Å². The number of amides is 2. The van der Waals surface area contributed by atoms with Gasteiger partial charge in [0, 0.05) is 0 Å². The number of unbranched alkanes of at least 4 members (excludes halogenated alkanes) is 1. The maximum atomic E-state index is 11.3. The Morgan fingerprint density at radius 3 is 2.58 bits per heavy atom. The van der Waals surface area contributed by atoms with Crippen molar-refractivity contribution in [1.82, 2.24) is 5.32 Å². The van der Waals surface area contributed by atoms with E-state index in [0.717, 1.165) is 31.0 Å². The predicted molar refractivity (Wildman–Crippen MR) is 49.1 cm³/mol. The Balaban J connectivity index is 2.58. The number of hydrogen-bond donors (Lipinski definition) is 1. The number of hydrogen-bond acceptors (Lipinski definition) is 3. The van der Waals surface area contributed by atoms with Crippen molar-refractivity contribution in [3.63, 3.8) is 0 Å². The number of thioether (sulfide) groups is 1. The molecule has 0 aromatic heterocycles. The van der Waals surface area contributed by atoms with Crippen LogP contribution in [0.3, 0.4) is 0 Å². The first-order valence-electron chi connectivity index (χ1n) is 4.13. The lowest BCUT2D eigenvalue weighted by Gasteiger charge is -2.16. The van der Waals surface area contributed by atoms with Crippen LogP contribution < -0.4 is 5.32 Å². The first-order chi connectivity index (χ1) is 5.58. The summed E-state index contributed by atoms with van der Waals surface area (Å²) in [4.78, 5) is 22.1. The number of nitrogens with one attached hydrogen (secondary N) is 1. The van der Waals surface area contributed by atoms with Gasteiger partial charge >= 0.3 is 0 Å². The van der Waals surface area contributed by atoms with Crippen LogP contribution in [-0.4, -0.2) is 15.9 Å². The van der Waals surface area contributed by atoms with Crippen LogP contribution in [0.5, 0.6) is 0 Å². The molecule has 68 valence electrons. The molecule has 4 heteroatoms. The summed E-state index contributed by atoms with van der Waals surface area (Å²) in [6.07, 6.45) is 2.83. The molecule has 1 heterocycles. The number of rotatable bonds is 3. The maximum absolute atomic E-state index is 11.3. The van der Waals surface area contributed by atoms with Crippen molar-refractivity contribution < 1.29 is 9.59 Å². The molecule has 0 bridgehead atoms. The van der Waals surface area contributed by atoms with Gasteiger partial charge < -0.3 is 0 Å². The van der Waals surface area contributed by atoms with Gasteiger partial charge in [-0.25, -0.2) is 0 Å². The Kier molecular flexibility index (Phi) is 2.77. The van der Waals surface area contributed by atoms with E-state index >= 15 is 0 Å². The van der Waals surface area contributed by atoms with Crippen LogP contribution in [0.2, 0.25) is 0 Å². The van der Waals surface area contributed by atoms with Gasteiger partial charge in [-0.1, -0.05) is 19.8 Å². The van der Waals surface area contributed by atoms with Gasteiger partial charge in [0.05, 0.1) is 0 Å². The lowest BCUT2D eigenvalue weighted by molar-refractivity contribution is -0.121. The molecule has 0 aromatic rings. The molecule has 1 atom stereocenters. The molecule has 3 nitrogen and oxygen atoms in total. The summed E-state index contributed by atoms with van der Waals surface area (Å²) in [5, 5.41) is 2.09. The average Bonchev–Trinajstić information content (AvgIpc) is 2.23. The van der Waals surface area contributed by atoms with Gasteiger partial charge in [0.1, 0.15) is 4.75 Å². The fourth-order valence-corrected chi connectivity index (χ4v) is 2.12. The van der Waals surface area contributed by atoms with Gasteiger partial charge in [-0.2, -0.15) is 0 Å². The molecule has 0 radical (unpaired) electrons. The van der Waals surface area contributed by atoms with Gasteiger partial charge in [0.15, 0.2) is 0 Å². The summed E-state index contributed by atoms with van der Waals surface area (Å²) in [6, 6.07) is 0. The van der Waals surface area contributed by atoms with Crippen molar-refractivity contribution >= 4 is 22.9 Å². The summed E-state index contributed by atoms with van der Waals surface area (Å²) in [6.45, 7) is 3.90. The predicted octanol–water partition coefficient (Wildman–Crippen LogP) is 1.92. The Morgan fingerprint density at radius 1 is 1.50 bits per heavy atom. The van der Waals surface area contributed by atoms with Gasteiger partial charge in [-0.05, 0) is 25.1 Å². The molecule has 1 saturated heterocycles. The smallest absolute Gasteiger partial charge is 0.286 e. The Labute approximate surface area is 76.3 Å². The van der Waals surface area contributed by atoms with Gasteiger partial charge in [0.25, 0.3) is 5.24 Å². The van der Waals surface area contributed by atoms with Crippen molar-refractivity contribution in [2.45, 2.75) is 37.9 Å². The lowest BCUT2D eigenvalue weighted by atomic mass is 10.0. The molecule has 2 amide bonds. The minimum Gasteiger partial charge on any atom is -0.286 e. The molecule has 0 saturated carbocycles. The van der Waals surface area contributed by atoms with E-state index in [1.54, 1.807) is 0 Å². The molecule has 1 aliphatic heterocycles. The third-order valence-electron chi connectivity index (χ3n) is 2.02. The fourth-order valence-electron chi connectivity index (χ4n) is 1.18. The third kappa shape index (κ3) is 1.80. The van der Waals surface area contributed by atoms with Crippen LogP contribution in [0.1, 0.15) is 33.1 Å². The molecule has 12 heavy (non-hydrogen) atoms. The van der Waals surface area contributed by atoms with Crippen LogP contribution in [0.15, 0.2) is 0 Å². The topological polar surface area (TPSA) is 46.2 Å². The van der Waals surface area contributed by atoms with Crippen molar-refractivity contribution in [3.8, 4) is 0 Å². The van der Waals surface area contributed by atoms with Crippen LogP contribution in [0, 0.1) is 0 Å². The van der Waals surface area contributed by atoms with Gasteiger partial charge in [0.2, 0.25) is 5.91 Å². The standard InChI is InChI=1S/C8H13NO2S/c1-3-4-5-8(2)6(10)9-7(11)12-8/h3-5H2,1-2H3,(H,9,10,11). The molecular formula is C8H13NO2S. The summed E-state index contributed by atoms with van der Waals surface area (Å²) in [7, 11) is 0. The molecule has 0 aromatic carbocycles. The highest BCUT2D eigenvalue weighted by atomic mass is 32.2. The van der Waals surface area contributed by atoms with E-state index in [9.17, 15) is 9.59 Å². The first-order valence-corrected chi connectivity index (χ1v) is 4.94. The average molecular weight is 187 g/mol. The van der Waals surface area contributed by atoms with E-state index in [0.29, 0.717) is 0 Å². The fraction of sp³-hybridized carbons (Fsp3) is 0.750. The summed E-state index contributed by atoms with van der Waals surface area (Å²) >= 11 is 1.12. The zero-order chi connectivity index (χ0) is 9.19. The Morgan fingerprint density at radius 2 is 2.17 bits per heavy atom. The van der Waals surface area contributed by atoms with Crippen LogP contribution in [0.4, 0.5) is 4.79 Å². The molecule has 1 unspecified atom stereocenters. The molecule has 1 rings (SSSR count). The second-order valence-electron chi connectivity index (χ2n) is 3.18. The number of carbonyl (C=O) groups excluding carboxylic acids is 2. The quantitative estimate of drug-likeness (QED) is 0.734. The normalized spacial score (nSPS) is 29.2. The molecule has 1 N–H and O–H groups in total. The monoisotopic (exact) mass is 187 g/mol. The van der Waals surface area contributed by atoms with E-state index < -0.39 is 4.75 Å². The summed E-state index contributed by atoms with van der Waals surface area (Å²) < 4.78 is -0.507. The van der Waals surface area contributed by atoms with E-state index in [1.165, 1.54) is 0 Å². The Bertz CT molecular complexity index is 217. The summed E-state index contributed by atoms with van der Waals surface area (Å²) in [5.41, 5.74) is 0. The highest BCUT2D eigenvalue weighted by Crippen LogP contribution is 2.35. The number of carbonyl (C=O) groups is 2. The van der Waals surface area contributed by atoms with E-state index in [2.05, 4.69) is 12.2 Å². The highest BCUT2D eigenvalue weighted by molar-refractivity contribution is 8.16.